The van der Waals surface area contributed by atoms with Gasteiger partial charge in [-0.2, -0.15) is 117 Å². The number of rotatable bonds is 11. The summed E-state index contributed by atoms with van der Waals surface area (Å²) >= 11 is 0. The summed E-state index contributed by atoms with van der Waals surface area (Å²) in [5, 5.41) is 21.2. The molecule has 2 fully saturated rings. The van der Waals surface area contributed by atoms with Crippen molar-refractivity contribution in [3.63, 3.8) is 0 Å². The van der Waals surface area contributed by atoms with Crippen LogP contribution in [0.15, 0.2) is 177 Å². The molecule has 0 atom stereocenters. The molecule has 0 unspecified atom stereocenters. The number of ether oxygens (including phenoxy) is 4. The fraction of sp³-hybridized carbons (Fsp3) is 0.262. The Hall–Kier alpha value is -5.40. The Morgan fingerprint density at radius 1 is 0.463 bits per heavy atom. The van der Waals surface area contributed by atoms with Crippen molar-refractivity contribution in [2.24, 2.45) is 0 Å². The first-order valence-electron chi connectivity index (χ1n) is 25.3. The van der Waals surface area contributed by atoms with Crippen LogP contribution >= 0.6 is 0 Å². The average Bonchev–Trinajstić information content (AvgIpc) is 4.38. The third-order valence-corrected chi connectivity index (χ3v) is 12.8. The summed E-state index contributed by atoms with van der Waals surface area (Å²) < 4.78 is 29.4. The third-order valence-electron chi connectivity index (χ3n) is 12.8. The molecule has 0 bridgehead atoms. The van der Waals surface area contributed by atoms with E-state index in [0.717, 1.165) is 34.4 Å². The van der Waals surface area contributed by atoms with E-state index in [1.165, 1.54) is 75.3 Å². The molecule has 0 spiro atoms. The van der Waals surface area contributed by atoms with E-state index < -0.39 is 0 Å². The Labute approximate surface area is 538 Å². The Balaban J connectivity index is 0.000000260. The van der Waals surface area contributed by atoms with E-state index in [4.69, 9.17) is 18.9 Å². The summed E-state index contributed by atoms with van der Waals surface area (Å²) in [7, 11) is 6.43. The molecule has 5 aromatic carbocycles. The van der Waals surface area contributed by atoms with Crippen LogP contribution in [0.2, 0.25) is 0 Å². The Bertz CT molecular complexity index is 3150. The second-order valence-electron chi connectivity index (χ2n) is 17.6. The van der Waals surface area contributed by atoms with Crippen molar-refractivity contribution in [3.05, 3.63) is 218 Å². The number of nitrogens with zero attached hydrogens (tertiary/aromatic N) is 10. The van der Waals surface area contributed by atoms with Gasteiger partial charge in [-0.25, -0.2) is 4.68 Å². The minimum Gasteiger partial charge on any atom is -0.554 e. The molecule has 19 heteroatoms. The summed E-state index contributed by atoms with van der Waals surface area (Å²) in [4.78, 5) is 0. The van der Waals surface area contributed by atoms with Crippen molar-refractivity contribution in [2.75, 3.05) is 28.4 Å². The molecule has 10 aromatic rings. The zero-order valence-electron chi connectivity index (χ0n) is 44.7. The van der Waals surface area contributed by atoms with Crippen LogP contribution in [0.4, 0.5) is 0 Å². The maximum absolute atomic E-state index is 5.24. The molecule has 2 aliphatic rings. The molecule has 14 nitrogen and oxygen atoms in total. The van der Waals surface area contributed by atoms with Crippen LogP contribution in [0.5, 0.6) is 23.3 Å². The molecule has 80 heavy (non-hydrogen) atoms. The van der Waals surface area contributed by atoms with E-state index in [1.54, 1.807) is 79.1 Å². The van der Waals surface area contributed by atoms with Gasteiger partial charge in [0.2, 0.25) is 11.8 Å². The quantitative estimate of drug-likeness (QED) is 0.116. The Kier molecular flexibility index (Phi) is 32.3. The van der Waals surface area contributed by atoms with E-state index in [0.29, 0.717) is 29.2 Å². The van der Waals surface area contributed by atoms with Gasteiger partial charge in [0.1, 0.15) is 0 Å². The van der Waals surface area contributed by atoms with Crippen LogP contribution in [0, 0.1) is 30.3 Å². The summed E-state index contributed by atoms with van der Waals surface area (Å²) in [6.07, 6.45) is 28.6. The van der Waals surface area contributed by atoms with Gasteiger partial charge in [-0.05, 0) is 64.9 Å². The van der Waals surface area contributed by atoms with Crippen LogP contribution in [0.25, 0.3) is 28.4 Å². The van der Waals surface area contributed by atoms with Crippen molar-refractivity contribution in [1.82, 2.24) is 48.9 Å². The van der Waals surface area contributed by atoms with Crippen LogP contribution in [-0.2, 0) is 101 Å². The van der Waals surface area contributed by atoms with Crippen LogP contribution in [0.1, 0.15) is 87.2 Å². The Morgan fingerprint density at radius 2 is 1.05 bits per heavy atom. The number of para-hydroxylation sites is 4. The smallest absolute Gasteiger partial charge is 0.232 e. The number of methoxy groups -OCH3 is 4. The molecule has 431 valence electrons. The molecule has 2 aliphatic carbocycles. The fourth-order valence-corrected chi connectivity index (χ4v) is 8.95. The summed E-state index contributed by atoms with van der Waals surface area (Å²) in [6.45, 7) is 0. The standard InChI is InChI=1S/2C15H17N2.C11H11N2O2.2C10H9N2O.5Ir/c1-3-7-13(8-4-1)14-11-16-17(12-14)15-9-5-2-6-10-15;1-2-7-13(8-3-1)14-9-4-5-10-15(14)17-12-6-11-16-17;1-14-9-4-5-10(11(8-9)15-2)13-7-3-6-12-13;1-13-10-7-8-12(11-10)9-5-3-2-4-6-9;1-13-10-7-8-11-12(10)9-5-3-2-4-6-9;;;;;/h2,5-6,9,11-13H,1,3-4,7-8H2;4-6,9,11-13H,1-3,7-8H2;3-4,6-8H,1-2H3;2*2-5,7-8H,1H3;;;;;/q5*-1;;;;;. The molecule has 0 aliphatic heterocycles. The van der Waals surface area contributed by atoms with E-state index in [-0.39, 0.29) is 101 Å². The number of aromatic nitrogens is 10. The van der Waals surface area contributed by atoms with Gasteiger partial charge in [0.05, 0.1) is 40.8 Å². The number of hydrogen-bond donors (Lipinski definition) is 0. The van der Waals surface area contributed by atoms with Gasteiger partial charge in [-0.15, -0.1) is 41.0 Å². The summed E-state index contributed by atoms with van der Waals surface area (Å²) in [5.74, 6) is 4.13. The van der Waals surface area contributed by atoms with Crippen molar-refractivity contribution < 1.29 is 119 Å². The van der Waals surface area contributed by atoms with Crippen molar-refractivity contribution in [3.8, 4) is 51.7 Å². The third kappa shape index (κ3) is 19.9. The van der Waals surface area contributed by atoms with Gasteiger partial charge in [0.25, 0.3) is 0 Å². The molecule has 0 amide bonds. The molecular weight excluding hydrogens is 1900 g/mol. The monoisotopic (exact) mass is 1960 g/mol. The Morgan fingerprint density at radius 3 is 1.59 bits per heavy atom. The topological polar surface area (TPSA) is 126 Å². The summed E-state index contributed by atoms with van der Waals surface area (Å²) in [5.41, 5.74) is 7.51. The van der Waals surface area contributed by atoms with Crippen LogP contribution in [0.3, 0.4) is 0 Å². The minimum atomic E-state index is 0. The molecule has 0 saturated heterocycles. The minimum absolute atomic E-state index is 0. The number of hydrogen-bond acceptors (Lipinski definition) is 9. The molecule has 5 heterocycles. The SMILES string of the molecule is COc1c[c-]c(-n2cccn2)c(OC)c1.COc1ccn(-c2[c-]cccc2)n1.COc1ccnn1-c1[c-]cccc1.[Ir].[Ir].[Ir].[Ir].[Ir].[c-]1cccc(C2CCCCC2)c1-n1cccn1.[c-]1ccccc1-n1cc(C2CCCCC2)cn1. The second kappa shape index (κ2) is 37.6. The predicted octanol–water partition coefficient (Wildman–Crippen LogP) is 12.5. The molecule has 0 N–H and O–H groups in total. The van der Waals surface area contributed by atoms with Gasteiger partial charge in [-0.1, -0.05) is 63.4 Å². The first kappa shape index (κ1) is 68.9. The van der Waals surface area contributed by atoms with Gasteiger partial charge >= 0.3 is 0 Å². The molecule has 5 radical (unpaired) electrons. The van der Waals surface area contributed by atoms with Gasteiger partial charge in [-0.3, -0.25) is 18.7 Å². The maximum atomic E-state index is 5.24. The molecule has 12 rings (SSSR count). The first-order chi connectivity index (χ1) is 37.0. The van der Waals surface area contributed by atoms with E-state index in [2.05, 4.69) is 74.2 Å². The number of benzene rings is 5. The van der Waals surface area contributed by atoms with Crippen molar-refractivity contribution in [1.29, 1.82) is 0 Å². The molecule has 2 saturated carbocycles. The van der Waals surface area contributed by atoms with Gasteiger partial charge in [0, 0.05) is 161 Å². The fourth-order valence-electron chi connectivity index (χ4n) is 8.95. The predicted molar refractivity (Wildman–Crippen MR) is 290 cm³/mol. The van der Waals surface area contributed by atoms with Crippen molar-refractivity contribution in [2.45, 2.75) is 76.0 Å². The van der Waals surface area contributed by atoms with Crippen molar-refractivity contribution >= 4 is 0 Å². The summed E-state index contributed by atoms with van der Waals surface area (Å²) in [6, 6.07) is 56.3. The normalized spacial score (nSPS) is 12.4. The first-order valence-corrected chi connectivity index (χ1v) is 25.3. The molecule has 5 aromatic heterocycles. The van der Waals surface area contributed by atoms with E-state index >= 15 is 0 Å². The zero-order chi connectivity index (χ0) is 51.9. The largest absolute Gasteiger partial charge is 0.554 e. The van der Waals surface area contributed by atoms with Gasteiger partial charge in [0.15, 0.2) is 0 Å². The average molecular weight is 1960 g/mol. The van der Waals surface area contributed by atoms with Crippen LogP contribution < -0.4 is 18.9 Å². The van der Waals surface area contributed by atoms with E-state index in [9.17, 15) is 0 Å². The second-order valence-corrected chi connectivity index (χ2v) is 17.6. The zero-order valence-corrected chi connectivity index (χ0v) is 56.7. The van der Waals surface area contributed by atoms with Gasteiger partial charge < -0.3 is 18.9 Å². The van der Waals surface area contributed by atoms with E-state index in [1.807, 2.05) is 131 Å². The maximum Gasteiger partial charge on any atom is 0.232 e. The molecular formula is C61H63Ir5N10O4-5. The van der Waals surface area contributed by atoms with Crippen LogP contribution in [-0.4, -0.2) is 77.3 Å².